The first-order valence-corrected chi connectivity index (χ1v) is 9.06. The fraction of sp³-hybridized carbons (Fsp3) is 0.500. The lowest BCUT2D eigenvalue weighted by molar-refractivity contribution is -0.131. The smallest absolute Gasteiger partial charge is 0.339 e. The van der Waals surface area contributed by atoms with Crippen LogP contribution in [-0.2, 0) is 11.2 Å². The SMILES string of the molecule is COc1ccc2c(C)c(CCC(=O)N3CCCN(C)CC3)c(=O)oc2c1. The molecule has 1 saturated heterocycles. The van der Waals surface area contributed by atoms with Crippen LogP contribution in [0.3, 0.4) is 0 Å². The van der Waals surface area contributed by atoms with Crippen LogP contribution < -0.4 is 10.4 Å². The van der Waals surface area contributed by atoms with Gasteiger partial charge in [0.25, 0.3) is 0 Å². The molecule has 140 valence electrons. The summed E-state index contributed by atoms with van der Waals surface area (Å²) < 4.78 is 10.6. The van der Waals surface area contributed by atoms with Crippen LogP contribution in [0.4, 0.5) is 0 Å². The molecular weight excluding hydrogens is 332 g/mol. The molecule has 3 rings (SSSR count). The van der Waals surface area contributed by atoms with Gasteiger partial charge in [-0.25, -0.2) is 4.79 Å². The molecule has 0 bridgehead atoms. The molecule has 0 aliphatic carbocycles. The van der Waals surface area contributed by atoms with Crippen molar-refractivity contribution in [1.29, 1.82) is 0 Å². The van der Waals surface area contributed by atoms with E-state index in [9.17, 15) is 9.59 Å². The maximum atomic E-state index is 12.6. The first-order chi connectivity index (χ1) is 12.5. The van der Waals surface area contributed by atoms with Crippen molar-refractivity contribution in [2.24, 2.45) is 0 Å². The van der Waals surface area contributed by atoms with Gasteiger partial charge in [0.1, 0.15) is 11.3 Å². The molecule has 1 aliphatic heterocycles. The monoisotopic (exact) mass is 358 g/mol. The first kappa shape index (κ1) is 18.5. The maximum Gasteiger partial charge on any atom is 0.339 e. The number of hydrogen-bond donors (Lipinski definition) is 0. The summed E-state index contributed by atoms with van der Waals surface area (Å²) in [6.45, 7) is 5.35. The molecule has 1 aromatic carbocycles. The normalized spacial score (nSPS) is 15.9. The van der Waals surface area contributed by atoms with E-state index in [-0.39, 0.29) is 11.5 Å². The molecule has 1 aromatic heterocycles. The maximum absolute atomic E-state index is 12.6. The van der Waals surface area contributed by atoms with Crippen LogP contribution in [0.5, 0.6) is 5.75 Å². The Kier molecular flexibility index (Phi) is 5.61. The molecule has 2 aromatic rings. The van der Waals surface area contributed by atoms with Gasteiger partial charge in [-0.15, -0.1) is 0 Å². The Balaban J connectivity index is 1.76. The van der Waals surface area contributed by atoms with Gasteiger partial charge in [0, 0.05) is 43.1 Å². The number of methoxy groups -OCH3 is 1. The number of fused-ring (bicyclic) bond motifs is 1. The van der Waals surface area contributed by atoms with Crippen molar-refractivity contribution in [3.63, 3.8) is 0 Å². The third kappa shape index (κ3) is 3.90. The summed E-state index contributed by atoms with van der Waals surface area (Å²) >= 11 is 0. The molecule has 0 spiro atoms. The second-order valence-electron chi connectivity index (χ2n) is 6.89. The number of rotatable bonds is 4. The average Bonchev–Trinajstić information content (AvgIpc) is 2.85. The number of ether oxygens (including phenoxy) is 1. The quantitative estimate of drug-likeness (QED) is 0.784. The molecule has 6 nitrogen and oxygen atoms in total. The topological polar surface area (TPSA) is 63.0 Å². The Morgan fingerprint density at radius 2 is 2.04 bits per heavy atom. The van der Waals surface area contributed by atoms with E-state index >= 15 is 0 Å². The Bertz CT molecular complexity index is 859. The number of hydrogen-bond acceptors (Lipinski definition) is 5. The molecule has 0 saturated carbocycles. The standard InChI is InChI=1S/C20H26N2O4/c1-14-16-6-5-15(25-3)13-18(16)26-20(24)17(14)7-8-19(23)22-10-4-9-21(2)11-12-22/h5-6,13H,4,7-12H2,1-3H3. The van der Waals surface area contributed by atoms with E-state index in [2.05, 4.69) is 11.9 Å². The summed E-state index contributed by atoms with van der Waals surface area (Å²) in [7, 11) is 3.65. The van der Waals surface area contributed by atoms with Gasteiger partial charge < -0.3 is 19.0 Å². The third-order valence-corrected chi connectivity index (χ3v) is 5.16. The third-order valence-electron chi connectivity index (χ3n) is 5.16. The predicted octanol–water partition coefficient (Wildman–Crippen LogP) is 2.21. The van der Waals surface area contributed by atoms with Crippen molar-refractivity contribution in [3.8, 4) is 5.75 Å². The van der Waals surface area contributed by atoms with Crippen LogP contribution in [0.1, 0.15) is 24.0 Å². The highest BCUT2D eigenvalue weighted by molar-refractivity contribution is 5.82. The Hall–Kier alpha value is -2.34. The van der Waals surface area contributed by atoms with E-state index in [1.54, 1.807) is 13.2 Å². The zero-order chi connectivity index (χ0) is 18.7. The summed E-state index contributed by atoms with van der Waals surface area (Å²) in [5.74, 6) is 0.753. The minimum atomic E-state index is -0.369. The predicted molar refractivity (Wildman–Crippen MR) is 101 cm³/mol. The second kappa shape index (κ2) is 7.91. The van der Waals surface area contributed by atoms with Gasteiger partial charge in [-0.1, -0.05) is 0 Å². The number of benzene rings is 1. The summed E-state index contributed by atoms with van der Waals surface area (Å²) in [6.07, 6.45) is 1.72. The number of nitrogens with zero attached hydrogens (tertiary/aromatic N) is 2. The summed E-state index contributed by atoms with van der Waals surface area (Å²) in [5, 5.41) is 0.879. The highest BCUT2D eigenvalue weighted by Gasteiger charge is 2.19. The van der Waals surface area contributed by atoms with E-state index < -0.39 is 0 Å². The molecule has 1 fully saturated rings. The molecule has 1 aliphatic rings. The van der Waals surface area contributed by atoms with Gasteiger partial charge in [-0.05, 0) is 51.1 Å². The van der Waals surface area contributed by atoms with Crippen molar-refractivity contribution in [2.75, 3.05) is 40.3 Å². The zero-order valence-corrected chi connectivity index (χ0v) is 15.7. The van der Waals surface area contributed by atoms with E-state index in [4.69, 9.17) is 9.15 Å². The molecule has 0 radical (unpaired) electrons. The number of amides is 1. The number of carbonyl (C=O) groups is 1. The minimum absolute atomic E-state index is 0.105. The lowest BCUT2D eigenvalue weighted by Gasteiger charge is -2.20. The molecule has 0 N–H and O–H groups in total. The van der Waals surface area contributed by atoms with Crippen LogP contribution in [0.15, 0.2) is 27.4 Å². The highest BCUT2D eigenvalue weighted by atomic mass is 16.5. The molecular formula is C20H26N2O4. The Morgan fingerprint density at radius 3 is 2.81 bits per heavy atom. The summed E-state index contributed by atoms with van der Waals surface area (Å²) in [6, 6.07) is 5.45. The Morgan fingerprint density at radius 1 is 1.23 bits per heavy atom. The van der Waals surface area contributed by atoms with Crippen LogP contribution in [0, 0.1) is 6.92 Å². The van der Waals surface area contributed by atoms with Crippen LogP contribution >= 0.6 is 0 Å². The van der Waals surface area contributed by atoms with E-state index in [1.165, 1.54) is 0 Å². The van der Waals surface area contributed by atoms with Crippen LogP contribution in [0.2, 0.25) is 0 Å². The summed E-state index contributed by atoms with van der Waals surface area (Å²) in [4.78, 5) is 29.1. The number of aryl methyl sites for hydroxylation is 1. The molecule has 1 amide bonds. The van der Waals surface area contributed by atoms with Gasteiger partial charge in [-0.3, -0.25) is 4.79 Å². The van der Waals surface area contributed by atoms with Gasteiger partial charge in [0.15, 0.2) is 0 Å². The summed E-state index contributed by atoms with van der Waals surface area (Å²) in [5.41, 5.74) is 1.61. The lowest BCUT2D eigenvalue weighted by Crippen LogP contribution is -2.34. The van der Waals surface area contributed by atoms with Crippen LogP contribution in [-0.4, -0.2) is 56.0 Å². The average molecular weight is 358 g/mol. The molecule has 0 atom stereocenters. The Labute approximate surface area is 153 Å². The molecule has 2 heterocycles. The zero-order valence-electron chi connectivity index (χ0n) is 15.7. The first-order valence-electron chi connectivity index (χ1n) is 9.06. The van der Waals surface area contributed by atoms with Gasteiger partial charge in [0.2, 0.25) is 5.91 Å². The van der Waals surface area contributed by atoms with Crippen molar-refractivity contribution in [3.05, 3.63) is 39.7 Å². The number of likely N-dealkylation sites (N-methyl/N-ethyl adjacent to an activating group) is 1. The van der Waals surface area contributed by atoms with Gasteiger partial charge >= 0.3 is 5.63 Å². The molecule has 26 heavy (non-hydrogen) atoms. The largest absolute Gasteiger partial charge is 0.497 e. The fourth-order valence-electron chi connectivity index (χ4n) is 3.48. The lowest BCUT2D eigenvalue weighted by atomic mass is 10.0. The molecule has 6 heteroatoms. The van der Waals surface area contributed by atoms with Crippen molar-refractivity contribution >= 4 is 16.9 Å². The van der Waals surface area contributed by atoms with Gasteiger partial charge in [-0.2, -0.15) is 0 Å². The van der Waals surface area contributed by atoms with Crippen molar-refractivity contribution < 1.29 is 13.9 Å². The van der Waals surface area contributed by atoms with E-state index in [1.807, 2.05) is 24.0 Å². The van der Waals surface area contributed by atoms with Crippen molar-refractivity contribution in [2.45, 2.75) is 26.2 Å². The van der Waals surface area contributed by atoms with Crippen LogP contribution in [0.25, 0.3) is 11.0 Å². The van der Waals surface area contributed by atoms with E-state index in [0.29, 0.717) is 29.7 Å². The fourth-order valence-corrected chi connectivity index (χ4v) is 3.48. The van der Waals surface area contributed by atoms with E-state index in [0.717, 1.165) is 43.5 Å². The molecule has 0 unspecified atom stereocenters. The van der Waals surface area contributed by atoms with Crippen molar-refractivity contribution in [1.82, 2.24) is 9.80 Å². The highest BCUT2D eigenvalue weighted by Crippen LogP contribution is 2.24. The second-order valence-corrected chi connectivity index (χ2v) is 6.89. The minimum Gasteiger partial charge on any atom is -0.497 e. The van der Waals surface area contributed by atoms with Gasteiger partial charge in [0.05, 0.1) is 7.11 Å². The number of carbonyl (C=O) groups excluding carboxylic acids is 1.